The number of sulfonamides is 1. The first-order valence-electron chi connectivity index (χ1n) is 5.58. The van der Waals surface area contributed by atoms with Gasteiger partial charge in [-0.3, -0.25) is 4.79 Å². The molecule has 100 valence electrons. The maximum Gasteiger partial charge on any atom is 0.247 e. The summed E-state index contributed by atoms with van der Waals surface area (Å²) in [7, 11) is -2.02. The molecule has 1 aromatic heterocycles. The van der Waals surface area contributed by atoms with Gasteiger partial charge in [0, 0.05) is 20.1 Å². The van der Waals surface area contributed by atoms with Crippen LogP contribution in [-0.4, -0.2) is 49.2 Å². The molecule has 1 saturated heterocycles. The highest BCUT2D eigenvalue weighted by molar-refractivity contribution is 7.89. The van der Waals surface area contributed by atoms with Gasteiger partial charge in [-0.2, -0.15) is 4.31 Å². The van der Waals surface area contributed by atoms with Crippen LogP contribution < -0.4 is 0 Å². The lowest BCUT2D eigenvalue weighted by atomic mass is 10.0. The molecule has 18 heavy (non-hydrogen) atoms. The first kappa shape index (κ1) is 13.1. The van der Waals surface area contributed by atoms with E-state index in [-0.39, 0.29) is 17.3 Å². The molecule has 0 N–H and O–H groups in total. The minimum absolute atomic E-state index is 0.0768. The lowest BCUT2D eigenvalue weighted by Crippen LogP contribution is -2.63. The second kappa shape index (κ2) is 4.10. The van der Waals surface area contributed by atoms with Crippen molar-refractivity contribution < 1.29 is 17.6 Å². The van der Waals surface area contributed by atoms with Crippen molar-refractivity contribution in [1.29, 1.82) is 0 Å². The van der Waals surface area contributed by atoms with E-state index in [1.807, 2.05) is 0 Å². The van der Waals surface area contributed by atoms with Gasteiger partial charge in [0.25, 0.3) is 0 Å². The van der Waals surface area contributed by atoms with Crippen molar-refractivity contribution in [2.24, 2.45) is 0 Å². The van der Waals surface area contributed by atoms with E-state index < -0.39 is 15.6 Å². The monoisotopic (exact) mass is 272 g/mol. The van der Waals surface area contributed by atoms with Crippen LogP contribution in [0, 0.1) is 0 Å². The van der Waals surface area contributed by atoms with Crippen LogP contribution in [-0.2, 0) is 14.8 Å². The Morgan fingerprint density at radius 3 is 2.56 bits per heavy atom. The third-order valence-corrected chi connectivity index (χ3v) is 5.26. The molecule has 0 unspecified atom stereocenters. The summed E-state index contributed by atoms with van der Waals surface area (Å²) in [5.74, 6) is -0.208. The summed E-state index contributed by atoms with van der Waals surface area (Å²) in [5, 5.41) is 0. The minimum atomic E-state index is -3.69. The van der Waals surface area contributed by atoms with Gasteiger partial charge >= 0.3 is 0 Å². The molecule has 0 saturated carbocycles. The first-order valence-corrected chi connectivity index (χ1v) is 7.02. The van der Waals surface area contributed by atoms with Gasteiger partial charge in [0.1, 0.15) is 16.7 Å². The van der Waals surface area contributed by atoms with Crippen molar-refractivity contribution in [2.45, 2.75) is 24.3 Å². The van der Waals surface area contributed by atoms with E-state index in [2.05, 4.69) is 0 Å². The summed E-state index contributed by atoms with van der Waals surface area (Å²) in [4.78, 5) is 13.7. The van der Waals surface area contributed by atoms with Crippen LogP contribution in [0.4, 0.5) is 0 Å². The van der Waals surface area contributed by atoms with Crippen LogP contribution >= 0.6 is 0 Å². The number of piperazine rings is 1. The second-order valence-corrected chi connectivity index (χ2v) is 6.68. The molecule has 1 amide bonds. The molecule has 1 aromatic rings. The molecular weight excluding hydrogens is 256 g/mol. The summed E-state index contributed by atoms with van der Waals surface area (Å²) in [6.07, 6.45) is 2.48. The second-order valence-electron chi connectivity index (χ2n) is 4.82. The molecule has 1 aliphatic heterocycles. The zero-order valence-corrected chi connectivity index (χ0v) is 11.4. The summed E-state index contributed by atoms with van der Waals surface area (Å²) in [5.41, 5.74) is -1.08. The van der Waals surface area contributed by atoms with Crippen molar-refractivity contribution in [3.63, 3.8) is 0 Å². The highest BCUT2D eigenvalue weighted by Gasteiger charge is 2.47. The summed E-state index contributed by atoms with van der Waals surface area (Å²) < 4.78 is 30.9. The summed E-state index contributed by atoms with van der Waals surface area (Å²) in [6, 6.07) is 1.38. The number of hydrogen-bond acceptors (Lipinski definition) is 4. The lowest BCUT2D eigenvalue weighted by Gasteiger charge is -2.43. The Balaban J connectivity index is 2.43. The van der Waals surface area contributed by atoms with Gasteiger partial charge in [0.05, 0.1) is 6.26 Å². The molecule has 0 atom stereocenters. The highest BCUT2D eigenvalue weighted by atomic mass is 32.2. The van der Waals surface area contributed by atoms with E-state index in [1.54, 1.807) is 25.8 Å². The van der Waals surface area contributed by atoms with Gasteiger partial charge in [-0.1, -0.05) is 0 Å². The number of furan rings is 1. The average molecular weight is 272 g/mol. The van der Waals surface area contributed by atoms with Gasteiger partial charge < -0.3 is 9.32 Å². The standard InChI is InChI=1S/C11H16N2O4S/c1-11(2)10(14)12(3)5-6-13(11)18(15,16)9-4-7-17-8-9/h4,7-8H,5-6H2,1-3H3. The number of likely N-dealkylation sites (N-methyl/N-ethyl adjacent to an activating group) is 1. The van der Waals surface area contributed by atoms with Crippen LogP contribution in [0.2, 0.25) is 0 Å². The normalized spacial score (nSPS) is 21.3. The van der Waals surface area contributed by atoms with E-state index >= 15 is 0 Å². The molecular formula is C11H16N2O4S. The number of amides is 1. The largest absolute Gasteiger partial charge is 0.471 e. The van der Waals surface area contributed by atoms with E-state index in [0.29, 0.717) is 6.54 Å². The first-order chi connectivity index (χ1) is 8.28. The van der Waals surface area contributed by atoms with E-state index in [4.69, 9.17) is 4.42 Å². The third-order valence-electron chi connectivity index (χ3n) is 3.22. The Bertz CT molecular complexity index is 548. The summed E-state index contributed by atoms with van der Waals surface area (Å²) >= 11 is 0. The van der Waals surface area contributed by atoms with E-state index in [0.717, 1.165) is 0 Å². The molecule has 1 aliphatic rings. The van der Waals surface area contributed by atoms with Crippen LogP contribution in [0.3, 0.4) is 0 Å². The van der Waals surface area contributed by atoms with Crippen LogP contribution in [0.5, 0.6) is 0 Å². The number of nitrogens with zero attached hydrogens (tertiary/aromatic N) is 2. The third kappa shape index (κ3) is 1.83. The van der Waals surface area contributed by atoms with Crippen LogP contribution in [0.1, 0.15) is 13.8 Å². The van der Waals surface area contributed by atoms with Gasteiger partial charge in [-0.15, -0.1) is 0 Å². The Morgan fingerprint density at radius 2 is 2.00 bits per heavy atom. The van der Waals surface area contributed by atoms with Crippen LogP contribution in [0.15, 0.2) is 27.9 Å². The number of rotatable bonds is 2. The molecule has 0 aromatic carbocycles. The Kier molecular flexibility index (Phi) is 2.98. The number of hydrogen-bond donors (Lipinski definition) is 0. The molecule has 0 bridgehead atoms. The highest BCUT2D eigenvalue weighted by Crippen LogP contribution is 2.28. The maximum atomic E-state index is 12.4. The molecule has 7 heteroatoms. The van der Waals surface area contributed by atoms with Gasteiger partial charge in [-0.05, 0) is 19.9 Å². The Morgan fingerprint density at radius 1 is 1.33 bits per heavy atom. The number of carbonyl (C=O) groups is 1. The van der Waals surface area contributed by atoms with Crippen molar-refractivity contribution in [3.05, 3.63) is 18.6 Å². The van der Waals surface area contributed by atoms with Crippen LogP contribution in [0.25, 0.3) is 0 Å². The zero-order chi connectivity index (χ0) is 13.6. The van der Waals surface area contributed by atoms with Crippen molar-refractivity contribution >= 4 is 15.9 Å². The van der Waals surface area contributed by atoms with E-state index in [1.165, 1.54) is 22.9 Å². The zero-order valence-electron chi connectivity index (χ0n) is 10.6. The molecule has 2 heterocycles. The molecule has 6 nitrogen and oxygen atoms in total. The topological polar surface area (TPSA) is 70.8 Å². The van der Waals surface area contributed by atoms with Crippen molar-refractivity contribution in [1.82, 2.24) is 9.21 Å². The molecule has 2 rings (SSSR count). The van der Waals surface area contributed by atoms with Gasteiger partial charge in [0.15, 0.2) is 0 Å². The molecule has 0 aliphatic carbocycles. The quantitative estimate of drug-likeness (QED) is 0.787. The lowest BCUT2D eigenvalue weighted by molar-refractivity contribution is -0.142. The fourth-order valence-electron chi connectivity index (χ4n) is 2.14. The summed E-state index contributed by atoms with van der Waals surface area (Å²) in [6.45, 7) is 3.90. The van der Waals surface area contributed by atoms with Crippen molar-refractivity contribution in [2.75, 3.05) is 20.1 Å². The SMILES string of the molecule is CN1CCN(S(=O)(=O)c2ccoc2)C(C)(C)C1=O. The molecule has 1 fully saturated rings. The smallest absolute Gasteiger partial charge is 0.247 e. The van der Waals surface area contributed by atoms with Gasteiger partial charge in [-0.25, -0.2) is 8.42 Å². The predicted molar refractivity (Wildman–Crippen MR) is 64.3 cm³/mol. The Labute approximate surface area is 106 Å². The Hall–Kier alpha value is -1.34. The maximum absolute atomic E-state index is 12.4. The van der Waals surface area contributed by atoms with Gasteiger partial charge in [0.2, 0.25) is 15.9 Å². The van der Waals surface area contributed by atoms with Crippen molar-refractivity contribution in [3.8, 4) is 0 Å². The molecule has 0 radical (unpaired) electrons. The molecule has 0 spiro atoms. The van der Waals surface area contributed by atoms with E-state index in [9.17, 15) is 13.2 Å². The fraction of sp³-hybridized carbons (Fsp3) is 0.545. The average Bonchev–Trinajstić information content (AvgIpc) is 2.79. The predicted octanol–water partition coefficient (Wildman–Crippen LogP) is 0.521. The number of carbonyl (C=O) groups excluding carboxylic acids is 1. The minimum Gasteiger partial charge on any atom is -0.471 e. The fourth-order valence-corrected chi connectivity index (χ4v) is 3.80.